The molecule has 30 heavy (non-hydrogen) atoms. The molecule has 5 rings (SSSR count). The Morgan fingerprint density at radius 2 is 2.00 bits per heavy atom. The standard InChI is InChI=1S/C21H24N6O3/c1-20(2)6-15(7-21(27-20)11-29-12-21)30-18-4-3-16(25-26-18)19-17(28)5-13(8-22-19)14-9-23-24-10-14/h3-5,8-10,15,27-28H,6-7,11-12H2,1-2H3,(H,23,24). The van der Waals surface area contributed by atoms with Gasteiger partial charge in [-0.1, -0.05) is 0 Å². The summed E-state index contributed by atoms with van der Waals surface area (Å²) in [6, 6.07) is 5.17. The molecule has 2 saturated heterocycles. The maximum absolute atomic E-state index is 10.4. The van der Waals surface area contributed by atoms with Crippen molar-refractivity contribution in [1.82, 2.24) is 30.7 Å². The lowest BCUT2D eigenvalue weighted by Crippen LogP contribution is -2.71. The minimum atomic E-state index is -0.0352. The predicted octanol–water partition coefficient (Wildman–Crippen LogP) is 2.31. The van der Waals surface area contributed by atoms with Crippen LogP contribution in [0.2, 0.25) is 0 Å². The zero-order valence-electron chi connectivity index (χ0n) is 16.9. The van der Waals surface area contributed by atoms with Gasteiger partial charge in [0, 0.05) is 48.0 Å². The lowest BCUT2D eigenvalue weighted by atomic mass is 9.78. The fourth-order valence-electron chi connectivity index (χ4n) is 4.42. The SMILES string of the molecule is CC1(C)CC(Oc2ccc(-c3ncc(-c4cn[nH]c4)cc3O)nn2)CC2(COC2)N1. The molecule has 156 valence electrons. The molecule has 3 aromatic heterocycles. The number of ether oxygens (including phenoxy) is 2. The van der Waals surface area contributed by atoms with Crippen molar-refractivity contribution in [1.29, 1.82) is 0 Å². The van der Waals surface area contributed by atoms with Crippen LogP contribution in [-0.2, 0) is 4.74 Å². The number of hydrogen-bond acceptors (Lipinski definition) is 8. The molecule has 1 spiro atoms. The highest BCUT2D eigenvalue weighted by Crippen LogP contribution is 2.36. The fourth-order valence-corrected chi connectivity index (χ4v) is 4.42. The van der Waals surface area contributed by atoms with E-state index in [1.165, 1.54) is 0 Å². The van der Waals surface area contributed by atoms with Crippen LogP contribution in [0, 0.1) is 0 Å². The Hall–Kier alpha value is -3.04. The topological polar surface area (TPSA) is 118 Å². The summed E-state index contributed by atoms with van der Waals surface area (Å²) < 4.78 is 11.6. The van der Waals surface area contributed by atoms with E-state index in [0.29, 0.717) is 30.5 Å². The largest absolute Gasteiger partial charge is 0.506 e. The van der Waals surface area contributed by atoms with E-state index in [1.807, 2.05) is 0 Å². The molecule has 0 amide bonds. The number of pyridine rings is 1. The van der Waals surface area contributed by atoms with E-state index in [9.17, 15) is 5.11 Å². The Morgan fingerprint density at radius 3 is 2.63 bits per heavy atom. The number of H-pyrrole nitrogens is 1. The second-order valence-corrected chi connectivity index (χ2v) is 8.77. The molecule has 0 aromatic carbocycles. The summed E-state index contributed by atoms with van der Waals surface area (Å²) in [5.41, 5.74) is 2.42. The number of nitrogens with one attached hydrogen (secondary N) is 2. The molecule has 5 heterocycles. The van der Waals surface area contributed by atoms with Gasteiger partial charge in [0.05, 0.1) is 24.9 Å². The summed E-state index contributed by atoms with van der Waals surface area (Å²) in [7, 11) is 0. The van der Waals surface area contributed by atoms with Gasteiger partial charge in [-0.3, -0.25) is 5.10 Å². The summed E-state index contributed by atoms with van der Waals surface area (Å²) in [6.07, 6.45) is 6.86. The highest BCUT2D eigenvalue weighted by molar-refractivity contribution is 5.69. The first-order chi connectivity index (χ1) is 14.4. The molecule has 2 fully saturated rings. The predicted molar refractivity (Wildman–Crippen MR) is 109 cm³/mol. The van der Waals surface area contributed by atoms with E-state index in [4.69, 9.17) is 9.47 Å². The van der Waals surface area contributed by atoms with Gasteiger partial charge in [0.25, 0.3) is 0 Å². The van der Waals surface area contributed by atoms with Gasteiger partial charge in [-0.15, -0.1) is 10.2 Å². The molecule has 3 aromatic rings. The van der Waals surface area contributed by atoms with Crippen molar-refractivity contribution < 1.29 is 14.6 Å². The monoisotopic (exact) mass is 408 g/mol. The van der Waals surface area contributed by atoms with Crippen molar-refractivity contribution in [2.24, 2.45) is 0 Å². The van der Waals surface area contributed by atoms with Crippen molar-refractivity contribution in [2.75, 3.05) is 13.2 Å². The molecule has 2 aliphatic rings. The number of nitrogens with zero attached hydrogens (tertiary/aromatic N) is 4. The Balaban J connectivity index is 1.31. The second-order valence-electron chi connectivity index (χ2n) is 8.77. The van der Waals surface area contributed by atoms with Crippen LogP contribution in [-0.4, -0.2) is 60.9 Å². The van der Waals surface area contributed by atoms with Gasteiger partial charge >= 0.3 is 0 Å². The zero-order chi connectivity index (χ0) is 20.8. The Morgan fingerprint density at radius 1 is 1.13 bits per heavy atom. The molecule has 1 atom stereocenters. The summed E-state index contributed by atoms with van der Waals surface area (Å²) in [5, 5.41) is 29.2. The Labute approximate surface area is 173 Å². The first kappa shape index (κ1) is 19.0. The third-order valence-electron chi connectivity index (χ3n) is 5.59. The van der Waals surface area contributed by atoms with E-state index in [2.05, 4.69) is 44.5 Å². The molecule has 9 nitrogen and oxygen atoms in total. The molecule has 3 N–H and O–H groups in total. The number of piperidine rings is 1. The number of rotatable bonds is 4. The molecule has 0 aliphatic carbocycles. The van der Waals surface area contributed by atoms with Crippen molar-refractivity contribution >= 4 is 0 Å². The van der Waals surface area contributed by atoms with E-state index in [-0.39, 0.29) is 22.9 Å². The Bertz CT molecular complexity index is 1030. The first-order valence-electron chi connectivity index (χ1n) is 9.98. The molecule has 0 saturated carbocycles. The Kier molecular flexibility index (Phi) is 4.44. The van der Waals surface area contributed by atoms with Crippen LogP contribution in [0.5, 0.6) is 11.6 Å². The van der Waals surface area contributed by atoms with Crippen LogP contribution in [0.25, 0.3) is 22.5 Å². The summed E-state index contributed by atoms with van der Waals surface area (Å²) in [6.45, 7) is 5.78. The van der Waals surface area contributed by atoms with E-state index >= 15 is 0 Å². The summed E-state index contributed by atoms with van der Waals surface area (Å²) >= 11 is 0. The van der Waals surface area contributed by atoms with Crippen LogP contribution in [0.3, 0.4) is 0 Å². The average Bonchev–Trinajstić information content (AvgIpc) is 3.21. The number of hydrogen-bond donors (Lipinski definition) is 3. The van der Waals surface area contributed by atoms with E-state index < -0.39 is 0 Å². The van der Waals surface area contributed by atoms with Gasteiger partial charge in [-0.2, -0.15) is 5.10 Å². The van der Waals surface area contributed by atoms with Crippen LogP contribution in [0.4, 0.5) is 0 Å². The minimum Gasteiger partial charge on any atom is -0.506 e. The van der Waals surface area contributed by atoms with E-state index in [0.717, 1.165) is 24.0 Å². The van der Waals surface area contributed by atoms with Crippen LogP contribution in [0.15, 0.2) is 36.8 Å². The zero-order valence-corrected chi connectivity index (χ0v) is 16.9. The maximum atomic E-state index is 10.4. The molecule has 1 unspecified atom stereocenters. The quantitative estimate of drug-likeness (QED) is 0.602. The lowest BCUT2D eigenvalue weighted by molar-refractivity contribution is -0.124. The number of aromatic amines is 1. The van der Waals surface area contributed by atoms with Crippen molar-refractivity contribution in [3.8, 4) is 34.1 Å². The molecular formula is C21H24N6O3. The fraction of sp³-hybridized carbons (Fsp3) is 0.429. The maximum Gasteiger partial charge on any atom is 0.233 e. The molecule has 0 radical (unpaired) electrons. The van der Waals surface area contributed by atoms with Gasteiger partial charge in [0.15, 0.2) is 0 Å². The minimum absolute atomic E-state index is 0.00771. The van der Waals surface area contributed by atoms with E-state index in [1.54, 1.807) is 36.8 Å². The first-order valence-corrected chi connectivity index (χ1v) is 9.98. The third-order valence-corrected chi connectivity index (χ3v) is 5.59. The van der Waals surface area contributed by atoms with Gasteiger partial charge in [-0.05, 0) is 26.0 Å². The van der Waals surface area contributed by atoms with Gasteiger partial charge < -0.3 is 19.9 Å². The molecule has 0 bridgehead atoms. The normalized spacial score (nSPS) is 21.9. The number of aromatic nitrogens is 5. The van der Waals surface area contributed by atoms with Gasteiger partial charge in [-0.25, -0.2) is 4.98 Å². The summed E-state index contributed by atoms with van der Waals surface area (Å²) in [5.74, 6) is 0.495. The molecule has 9 heteroatoms. The van der Waals surface area contributed by atoms with Crippen LogP contribution >= 0.6 is 0 Å². The van der Waals surface area contributed by atoms with Crippen molar-refractivity contribution in [3.05, 3.63) is 36.8 Å². The number of aromatic hydroxyl groups is 1. The highest BCUT2D eigenvalue weighted by Gasteiger charge is 2.49. The van der Waals surface area contributed by atoms with Gasteiger partial charge in [0.2, 0.25) is 5.88 Å². The molecule has 2 aliphatic heterocycles. The lowest BCUT2D eigenvalue weighted by Gasteiger charge is -2.53. The molecular weight excluding hydrogens is 384 g/mol. The highest BCUT2D eigenvalue weighted by atomic mass is 16.5. The third kappa shape index (κ3) is 3.61. The summed E-state index contributed by atoms with van der Waals surface area (Å²) in [4.78, 5) is 4.35. The van der Waals surface area contributed by atoms with Crippen molar-refractivity contribution in [3.63, 3.8) is 0 Å². The van der Waals surface area contributed by atoms with Gasteiger partial charge in [0.1, 0.15) is 23.2 Å². The van der Waals surface area contributed by atoms with Crippen LogP contribution in [0.1, 0.15) is 26.7 Å². The van der Waals surface area contributed by atoms with Crippen molar-refractivity contribution in [2.45, 2.75) is 43.9 Å². The van der Waals surface area contributed by atoms with Crippen LogP contribution < -0.4 is 10.1 Å². The smallest absolute Gasteiger partial charge is 0.233 e. The second kappa shape index (κ2) is 7.03. The average molecular weight is 408 g/mol.